The van der Waals surface area contributed by atoms with Crippen LogP contribution in [0.15, 0.2) is 356 Å². The molecule has 0 saturated carbocycles. The predicted octanol–water partition coefficient (Wildman–Crippen LogP) is 25.0. The van der Waals surface area contributed by atoms with Gasteiger partial charge in [-0.2, -0.15) is 0 Å². The third kappa shape index (κ3) is 6.95. The predicted molar refractivity (Wildman–Crippen MR) is 405 cm³/mol. The molecule has 0 bridgehead atoms. The first-order valence-corrected chi connectivity index (χ1v) is 35.5. The van der Waals surface area contributed by atoms with E-state index >= 15 is 4.21 Å². The van der Waals surface area contributed by atoms with E-state index in [0.717, 1.165) is 185 Å². The Morgan fingerprint density at radius 1 is 0.245 bits per heavy atom. The number of para-hydroxylation sites is 4. The van der Waals surface area contributed by atoms with Gasteiger partial charge in [0, 0.05) is 93.6 Å². The number of hydrogen-bond donors (Lipinski definition) is 0. The number of aromatic nitrogens is 2. The molecular weight excluding hydrogens is 1210 g/mol. The number of fused-ring (bicyclic) bond motifs is 24. The van der Waals surface area contributed by atoms with Crippen LogP contribution in [0.4, 0.5) is 0 Å². The Hall–Kier alpha value is -12.6. The van der Waals surface area contributed by atoms with Crippen molar-refractivity contribution in [3.63, 3.8) is 0 Å². The van der Waals surface area contributed by atoms with Gasteiger partial charge in [-0.05, 0) is 151 Å². The van der Waals surface area contributed by atoms with E-state index in [1.54, 1.807) is 0 Å². The molecule has 0 aliphatic carbocycles. The Morgan fingerprint density at radius 3 is 1.08 bits per heavy atom. The topological polar surface area (TPSA) is 53.2 Å². The highest BCUT2D eigenvalue weighted by molar-refractivity contribution is 8.21. The lowest BCUT2D eigenvalue weighted by Gasteiger charge is -2.39. The number of benzene rings is 16. The molecule has 456 valence electrons. The van der Waals surface area contributed by atoms with Crippen molar-refractivity contribution < 1.29 is 13.0 Å². The second-order valence-corrected chi connectivity index (χ2v) is 30.1. The summed E-state index contributed by atoms with van der Waals surface area (Å²) in [6.07, 6.45) is 0. The van der Waals surface area contributed by atoms with E-state index < -0.39 is 9.07 Å². The maximum absolute atomic E-state index is 18.8. The molecule has 22 rings (SSSR count). The molecule has 6 heterocycles. The van der Waals surface area contributed by atoms with Crippen molar-refractivity contribution in [1.82, 2.24) is 9.13 Å². The van der Waals surface area contributed by atoms with E-state index in [0.29, 0.717) is 0 Å². The van der Waals surface area contributed by atoms with Gasteiger partial charge in [0.05, 0.1) is 33.4 Å². The van der Waals surface area contributed by atoms with Gasteiger partial charge in [0.25, 0.3) is 0 Å². The molecule has 0 amide bonds. The van der Waals surface area contributed by atoms with Crippen molar-refractivity contribution >= 4 is 118 Å². The lowest BCUT2D eigenvalue weighted by Crippen LogP contribution is -2.30. The molecule has 20 aromatic rings. The Bertz CT molecular complexity index is 6600. The molecule has 0 atom stereocenters. The first-order chi connectivity index (χ1) is 48.4. The summed E-state index contributed by atoms with van der Waals surface area (Å²) in [5.41, 5.74) is 22.1. The summed E-state index contributed by atoms with van der Waals surface area (Å²) in [6, 6.07) is 118. The summed E-state index contributed by atoms with van der Waals surface area (Å²) >= 11 is 0. The van der Waals surface area contributed by atoms with Crippen LogP contribution in [0.1, 0.15) is 0 Å². The van der Waals surface area contributed by atoms with Gasteiger partial charge in [0.2, 0.25) is 0 Å². The maximum atomic E-state index is 18.8. The average molecular weight is 1270 g/mol. The highest BCUT2D eigenvalue weighted by Gasteiger charge is 2.57. The molecule has 98 heavy (non-hydrogen) atoms. The second-order valence-electron chi connectivity index (χ2n) is 26.5. The van der Waals surface area contributed by atoms with Crippen LogP contribution in [-0.2, 0) is 9.07 Å². The van der Waals surface area contributed by atoms with Crippen LogP contribution in [-0.4, -0.2) is 13.3 Å². The Morgan fingerprint density at radius 2 is 0.602 bits per heavy atom. The van der Waals surface area contributed by atoms with Gasteiger partial charge in [-0.3, -0.25) is 4.21 Å². The van der Waals surface area contributed by atoms with Gasteiger partial charge in [-0.25, -0.2) is 0 Å². The van der Waals surface area contributed by atoms with Gasteiger partial charge in [-0.15, -0.1) is 0 Å². The van der Waals surface area contributed by atoms with E-state index in [-0.39, 0.29) is 0 Å². The van der Waals surface area contributed by atoms with E-state index in [1.807, 2.05) is 0 Å². The Balaban J connectivity index is 0.747. The minimum Gasteiger partial charge on any atom is -0.455 e. The largest absolute Gasteiger partial charge is 0.455 e. The summed E-state index contributed by atoms with van der Waals surface area (Å²) in [5, 5.41) is 13.5. The quantitative estimate of drug-likeness (QED) is 0.167. The molecule has 6 heteroatoms. The monoisotopic (exact) mass is 1270 g/mol. The summed E-state index contributed by atoms with van der Waals surface area (Å²) in [5.74, 6) is 0. The van der Waals surface area contributed by atoms with Gasteiger partial charge < -0.3 is 18.0 Å². The number of furan rings is 2. The molecule has 0 N–H and O–H groups in total. The van der Waals surface area contributed by atoms with Crippen LogP contribution >= 0.6 is 0 Å². The zero-order valence-electron chi connectivity index (χ0n) is 52.7. The zero-order chi connectivity index (χ0) is 64.1. The van der Waals surface area contributed by atoms with Gasteiger partial charge in [-0.1, -0.05) is 243 Å². The Labute approximate surface area is 561 Å². The van der Waals surface area contributed by atoms with Gasteiger partial charge in [0.1, 0.15) is 22.3 Å². The molecule has 1 spiro atoms. The van der Waals surface area contributed by atoms with Crippen molar-refractivity contribution in [3.05, 3.63) is 328 Å². The molecule has 5 nitrogen and oxygen atoms in total. The van der Waals surface area contributed by atoms with Crippen LogP contribution in [0.5, 0.6) is 0 Å². The molecule has 2 aliphatic heterocycles. The minimum atomic E-state index is -4.41. The second kappa shape index (κ2) is 19.5. The number of rotatable bonds is 6. The van der Waals surface area contributed by atoms with Crippen LogP contribution in [0, 0.1) is 0 Å². The fourth-order valence-corrected chi connectivity index (χ4v) is 22.6. The van der Waals surface area contributed by atoms with Crippen molar-refractivity contribution in [2.75, 3.05) is 0 Å². The first-order valence-electron chi connectivity index (χ1n) is 33.5. The zero-order valence-corrected chi connectivity index (χ0v) is 53.5. The molecule has 0 radical (unpaired) electrons. The van der Waals surface area contributed by atoms with Gasteiger partial charge in [0.15, 0.2) is 0 Å². The summed E-state index contributed by atoms with van der Waals surface area (Å²) in [4.78, 5) is 3.32. The van der Waals surface area contributed by atoms with Crippen LogP contribution < -0.4 is 0 Å². The van der Waals surface area contributed by atoms with Crippen molar-refractivity contribution in [2.45, 2.75) is 19.6 Å². The standard InChI is InChI=1S/C92H54N2O3S/c95-98(83-43-15-9-33-67(83)69-47-45-59(51-85(69)98)57-25-17-27-61(49-57)87-89-71-35-5-11-37-77(71)93(75-39-19-23-55-21-1-3-29-63(55)75)79(89)53-73-65-31-7-13-41-81(65)96-91(73)87)84-44-16-10-34-68(84)70-48-46-60(52-86(70)98)58-26-18-28-62(50-58)88-90-72-36-6-12-38-78(72)94(76-40-20-24-56-22-2-4-30-64(56)76)80(90)54-74-66-32-8-14-42-82(66)97-92(74)88/h1-54H. The lowest BCUT2D eigenvalue weighted by molar-refractivity contribution is 0.658. The number of nitrogens with zero attached hydrogens (tertiary/aromatic N) is 2. The molecule has 2 aliphatic rings. The normalized spacial score (nSPS) is 14.0. The van der Waals surface area contributed by atoms with E-state index in [4.69, 9.17) is 8.83 Å². The maximum Gasteiger partial charge on any atom is 0.144 e. The fourth-order valence-electron chi connectivity index (χ4n) is 17.5. The molecular formula is C92H54N2O3S. The third-order valence-electron chi connectivity index (χ3n) is 21.6. The Kier molecular flexibility index (Phi) is 10.7. The first kappa shape index (κ1) is 53.7. The molecule has 0 unspecified atom stereocenters. The highest BCUT2D eigenvalue weighted by atomic mass is 32.3. The third-order valence-corrected chi connectivity index (χ3v) is 26.3. The average Bonchev–Trinajstić information content (AvgIpc) is 1.47. The van der Waals surface area contributed by atoms with Crippen molar-refractivity contribution in [1.29, 1.82) is 0 Å². The van der Waals surface area contributed by atoms with Crippen LogP contribution in [0.2, 0.25) is 0 Å². The minimum absolute atomic E-state index is 0.824. The van der Waals surface area contributed by atoms with E-state index in [2.05, 4.69) is 337 Å². The molecule has 4 aromatic heterocycles. The fraction of sp³-hybridized carbons (Fsp3) is 0. The van der Waals surface area contributed by atoms with E-state index in [1.165, 1.54) is 21.5 Å². The summed E-state index contributed by atoms with van der Waals surface area (Å²) in [7, 11) is -4.41. The lowest BCUT2D eigenvalue weighted by atomic mass is 9.93. The van der Waals surface area contributed by atoms with E-state index in [9.17, 15) is 0 Å². The van der Waals surface area contributed by atoms with Gasteiger partial charge >= 0.3 is 0 Å². The highest BCUT2D eigenvalue weighted by Crippen LogP contribution is 2.71. The van der Waals surface area contributed by atoms with Crippen LogP contribution in [0.3, 0.4) is 0 Å². The molecule has 16 aromatic carbocycles. The molecule has 0 fully saturated rings. The summed E-state index contributed by atoms with van der Waals surface area (Å²) < 4.78 is 37.8. The SMILES string of the molecule is O=S12(c3ccccc3-c3ccc(-c4cccc(-c5c6oc7ccccc7c6cc6c5c5ccccc5n6-c5cccc6ccccc56)c4)cc31)c1ccccc1-c1ccc(-c3cccc(-c4c5oc6ccccc6c5cc5c4c4ccccc4n5-c4cccc5ccccc45)c3)cc12. The van der Waals surface area contributed by atoms with Crippen LogP contribution in [0.25, 0.3) is 187 Å². The van der Waals surface area contributed by atoms with Crippen molar-refractivity contribution in [3.8, 4) is 78.1 Å². The summed E-state index contributed by atoms with van der Waals surface area (Å²) in [6.45, 7) is 0. The number of hydrogen-bond acceptors (Lipinski definition) is 3. The molecule has 0 saturated heterocycles. The van der Waals surface area contributed by atoms with Crippen molar-refractivity contribution in [2.24, 2.45) is 0 Å². The smallest absolute Gasteiger partial charge is 0.144 e.